The van der Waals surface area contributed by atoms with Crippen molar-refractivity contribution < 1.29 is 19.8 Å². The highest BCUT2D eigenvalue weighted by molar-refractivity contribution is 5.95. The maximum absolute atomic E-state index is 11.8. The summed E-state index contributed by atoms with van der Waals surface area (Å²) >= 11 is 0. The van der Waals surface area contributed by atoms with Crippen LogP contribution in [0.15, 0.2) is 12.1 Å². The van der Waals surface area contributed by atoms with Gasteiger partial charge in [-0.3, -0.25) is 4.79 Å². The standard InChI is InChI=1S/C12H13N3O4/c1-7-8(6-13)2-3-9(14-7)11(17)15-10(4-5-16)12(18)19/h2-3,10,16H,4-5H2,1H3,(H,15,17)(H,18,19)/t10-/m1/s1. The maximum atomic E-state index is 11.8. The second kappa shape index (κ2) is 6.47. The molecule has 1 heterocycles. The Morgan fingerprint density at radius 1 is 1.53 bits per heavy atom. The molecule has 1 amide bonds. The minimum absolute atomic E-state index is 0.0284. The number of aliphatic carboxylic acids is 1. The molecule has 1 aromatic rings. The van der Waals surface area contributed by atoms with Gasteiger partial charge in [0.15, 0.2) is 0 Å². The first-order valence-corrected chi connectivity index (χ1v) is 5.52. The third-order valence-corrected chi connectivity index (χ3v) is 2.46. The third-order valence-electron chi connectivity index (χ3n) is 2.46. The van der Waals surface area contributed by atoms with Gasteiger partial charge in [-0.25, -0.2) is 9.78 Å². The predicted octanol–water partition coefficient (Wildman–Crippen LogP) is -0.173. The molecule has 0 saturated carbocycles. The molecule has 7 nitrogen and oxygen atoms in total. The quantitative estimate of drug-likeness (QED) is 0.677. The van der Waals surface area contributed by atoms with E-state index in [0.717, 1.165) is 0 Å². The van der Waals surface area contributed by atoms with Crippen molar-refractivity contribution in [1.29, 1.82) is 5.26 Å². The van der Waals surface area contributed by atoms with Crippen LogP contribution in [0.25, 0.3) is 0 Å². The molecule has 0 aliphatic rings. The van der Waals surface area contributed by atoms with Crippen molar-refractivity contribution in [2.24, 2.45) is 0 Å². The lowest BCUT2D eigenvalue weighted by Crippen LogP contribution is -2.41. The van der Waals surface area contributed by atoms with Crippen molar-refractivity contribution in [3.8, 4) is 6.07 Å². The molecule has 0 saturated heterocycles. The Kier molecular flexibility index (Phi) is 4.97. The Hall–Kier alpha value is -2.46. The number of carbonyl (C=O) groups excluding carboxylic acids is 1. The van der Waals surface area contributed by atoms with E-state index in [2.05, 4.69) is 10.3 Å². The second-order valence-electron chi connectivity index (χ2n) is 3.82. The van der Waals surface area contributed by atoms with Gasteiger partial charge in [-0.2, -0.15) is 5.26 Å². The molecule has 19 heavy (non-hydrogen) atoms. The van der Waals surface area contributed by atoms with E-state index in [4.69, 9.17) is 15.5 Å². The lowest BCUT2D eigenvalue weighted by atomic mass is 10.2. The molecule has 0 radical (unpaired) electrons. The number of nitriles is 1. The number of pyridine rings is 1. The summed E-state index contributed by atoms with van der Waals surface area (Å²) in [7, 11) is 0. The van der Waals surface area contributed by atoms with Gasteiger partial charge in [0.05, 0.1) is 11.3 Å². The van der Waals surface area contributed by atoms with Crippen molar-refractivity contribution in [2.75, 3.05) is 6.61 Å². The molecule has 0 unspecified atom stereocenters. The van der Waals surface area contributed by atoms with Crippen molar-refractivity contribution >= 4 is 11.9 Å². The first kappa shape index (κ1) is 14.6. The van der Waals surface area contributed by atoms with E-state index < -0.39 is 17.9 Å². The lowest BCUT2D eigenvalue weighted by molar-refractivity contribution is -0.139. The molecule has 1 rings (SSSR count). The predicted molar refractivity (Wildman–Crippen MR) is 64.3 cm³/mol. The number of carboxylic acid groups (broad SMARTS) is 1. The van der Waals surface area contributed by atoms with Gasteiger partial charge >= 0.3 is 5.97 Å². The van der Waals surface area contributed by atoms with Crippen LogP contribution in [0.5, 0.6) is 0 Å². The number of aliphatic hydroxyl groups excluding tert-OH is 1. The van der Waals surface area contributed by atoms with Crippen LogP contribution in [0.4, 0.5) is 0 Å². The SMILES string of the molecule is Cc1nc(C(=O)N[C@H](CCO)C(=O)O)ccc1C#N. The topological polar surface area (TPSA) is 123 Å². The lowest BCUT2D eigenvalue weighted by Gasteiger charge is -2.13. The molecule has 0 spiro atoms. The number of aryl methyl sites for hydroxylation is 1. The van der Waals surface area contributed by atoms with Gasteiger partial charge in [0.1, 0.15) is 17.8 Å². The summed E-state index contributed by atoms with van der Waals surface area (Å²) in [4.78, 5) is 26.5. The van der Waals surface area contributed by atoms with Crippen LogP contribution >= 0.6 is 0 Å². The van der Waals surface area contributed by atoms with Crippen molar-refractivity contribution in [1.82, 2.24) is 10.3 Å². The molecule has 0 fully saturated rings. The van der Waals surface area contributed by atoms with Gasteiger partial charge in [0.25, 0.3) is 5.91 Å². The van der Waals surface area contributed by atoms with Gasteiger partial charge in [-0.15, -0.1) is 0 Å². The van der Waals surface area contributed by atoms with Crippen molar-refractivity contribution in [2.45, 2.75) is 19.4 Å². The number of aliphatic hydroxyl groups is 1. The summed E-state index contributed by atoms with van der Waals surface area (Å²) < 4.78 is 0. The fourth-order valence-corrected chi connectivity index (χ4v) is 1.42. The summed E-state index contributed by atoms with van der Waals surface area (Å²) in [6.45, 7) is 1.23. The fraction of sp³-hybridized carbons (Fsp3) is 0.333. The highest BCUT2D eigenvalue weighted by atomic mass is 16.4. The summed E-state index contributed by atoms with van der Waals surface area (Å²) in [5.74, 6) is -1.89. The average molecular weight is 263 g/mol. The smallest absolute Gasteiger partial charge is 0.326 e. The van der Waals surface area contributed by atoms with Gasteiger partial charge < -0.3 is 15.5 Å². The molecule has 1 atom stereocenters. The van der Waals surface area contributed by atoms with E-state index in [1.165, 1.54) is 12.1 Å². The minimum atomic E-state index is -1.23. The molecule has 1 aromatic heterocycles. The summed E-state index contributed by atoms with van der Waals surface area (Å²) in [5, 5.41) is 28.6. The number of aromatic nitrogens is 1. The van der Waals surface area contributed by atoms with Crippen LogP contribution in [0.1, 0.15) is 28.2 Å². The molecular weight excluding hydrogens is 250 g/mol. The molecule has 0 aromatic carbocycles. The van der Waals surface area contributed by atoms with Gasteiger partial charge in [0, 0.05) is 13.0 Å². The van der Waals surface area contributed by atoms with Crippen LogP contribution in [-0.2, 0) is 4.79 Å². The van der Waals surface area contributed by atoms with Crippen molar-refractivity contribution in [3.05, 3.63) is 29.1 Å². The van der Waals surface area contributed by atoms with E-state index in [0.29, 0.717) is 11.3 Å². The molecule has 0 bridgehead atoms. The third kappa shape index (κ3) is 3.76. The summed E-state index contributed by atoms with van der Waals surface area (Å²) in [5.41, 5.74) is 0.770. The highest BCUT2D eigenvalue weighted by Gasteiger charge is 2.20. The van der Waals surface area contributed by atoms with E-state index in [9.17, 15) is 9.59 Å². The Morgan fingerprint density at radius 3 is 2.68 bits per heavy atom. The zero-order chi connectivity index (χ0) is 14.4. The monoisotopic (exact) mass is 263 g/mol. The largest absolute Gasteiger partial charge is 0.480 e. The van der Waals surface area contributed by atoms with E-state index in [1.807, 2.05) is 6.07 Å². The fourth-order valence-electron chi connectivity index (χ4n) is 1.42. The Labute approximate surface area is 109 Å². The molecule has 0 aliphatic carbocycles. The van der Waals surface area contributed by atoms with Crippen LogP contribution in [0.2, 0.25) is 0 Å². The number of carbonyl (C=O) groups is 2. The van der Waals surface area contributed by atoms with E-state index in [1.54, 1.807) is 6.92 Å². The Balaban J connectivity index is 2.86. The maximum Gasteiger partial charge on any atom is 0.326 e. The Morgan fingerprint density at radius 2 is 2.21 bits per heavy atom. The molecular formula is C12H13N3O4. The van der Waals surface area contributed by atoms with Crippen LogP contribution < -0.4 is 5.32 Å². The first-order valence-electron chi connectivity index (χ1n) is 5.52. The highest BCUT2D eigenvalue weighted by Crippen LogP contribution is 2.06. The minimum Gasteiger partial charge on any atom is -0.480 e. The Bertz CT molecular complexity index is 536. The van der Waals surface area contributed by atoms with Gasteiger partial charge in [-0.1, -0.05) is 0 Å². The number of nitrogens with one attached hydrogen (secondary N) is 1. The summed E-state index contributed by atoms with van der Waals surface area (Å²) in [6.07, 6.45) is -0.0870. The number of rotatable bonds is 5. The zero-order valence-corrected chi connectivity index (χ0v) is 10.3. The molecule has 100 valence electrons. The number of hydrogen-bond acceptors (Lipinski definition) is 5. The zero-order valence-electron chi connectivity index (χ0n) is 10.3. The number of amides is 1. The molecule has 3 N–H and O–H groups in total. The van der Waals surface area contributed by atoms with Gasteiger partial charge in [-0.05, 0) is 19.1 Å². The first-order chi connectivity index (χ1) is 8.99. The second-order valence-corrected chi connectivity index (χ2v) is 3.82. The van der Waals surface area contributed by atoms with E-state index in [-0.39, 0.29) is 18.7 Å². The van der Waals surface area contributed by atoms with Gasteiger partial charge in [0.2, 0.25) is 0 Å². The summed E-state index contributed by atoms with van der Waals surface area (Å²) in [6, 6.07) is 3.54. The molecule has 0 aliphatic heterocycles. The number of nitrogens with zero attached hydrogens (tertiary/aromatic N) is 2. The van der Waals surface area contributed by atoms with Crippen LogP contribution in [0.3, 0.4) is 0 Å². The van der Waals surface area contributed by atoms with Crippen LogP contribution in [0, 0.1) is 18.3 Å². The number of carboxylic acids is 1. The number of hydrogen-bond donors (Lipinski definition) is 3. The van der Waals surface area contributed by atoms with Crippen molar-refractivity contribution in [3.63, 3.8) is 0 Å². The average Bonchev–Trinajstić information content (AvgIpc) is 2.37. The molecule has 7 heteroatoms. The normalized spacial score (nSPS) is 11.4. The van der Waals surface area contributed by atoms with Crippen LogP contribution in [-0.4, -0.2) is 39.7 Å². The van der Waals surface area contributed by atoms with E-state index >= 15 is 0 Å².